The van der Waals surface area contributed by atoms with Gasteiger partial charge in [-0.15, -0.1) is 0 Å². The van der Waals surface area contributed by atoms with Crippen molar-refractivity contribution in [3.05, 3.63) is 53.4 Å². The van der Waals surface area contributed by atoms with Crippen LogP contribution in [0.15, 0.2) is 42.6 Å². The van der Waals surface area contributed by atoms with Gasteiger partial charge < -0.3 is 9.64 Å². The molecule has 136 valence electrons. The van der Waals surface area contributed by atoms with E-state index in [2.05, 4.69) is 15.0 Å². The molecule has 0 saturated carbocycles. The second-order valence-electron chi connectivity index (χ2n) is 6.25. The molecule has 0 spiro atoms. The van der Waals surface area contributed by atoms with Gasteiger partial charge >= 0.3 is 6.01 Å². The number of rotatable bonds is 3. The maximum Gasteiger partial charge on any atom is 0.318 e. The average molecular weight is 383 g/mol. The maximum atomic E-state index is 15.5. The Kier molecular flexibility index (Phi) is 4.28. The zero-order chi connectivity index (χ0) is 19.1. The van der Waals surface area contributed by atoms with Gasteiger partial charge in [0.15, 0.2) is 5.82 Å². The molecule has 0 aliphatic carbocycles. The third-order valence-corrected chi connectivity index (χ3v) is 4.67. The quantitative estimate of drug-likeness (QED) is 0.513. The number of pyridine rings is 1. The first-order valence-electron chi connectivity index (χ1n) is 8.26. The summed E-state index contributed by atoms with van der Waals surface area (Å²) < 4.78 is 20.7. The first kappa shape index (κ1) is 17.4. The summed E-state index contributed by atoms with van der Waals surface area (Å²) in [4.78, 5) is 14.7. The Morgan fingerprint density at radius 2 is 1.81 bits per heavy atom. The minimum absolute atomic E-state index is 0.0956. The number of ether oxygens (including phenoxy) is 1. The van der Waals surface area contributed by atoms with Gasteiger partial charge in [0, 0.05) is 36.3 Å². The minimum atomic E-state index is -0.538. The van der Waals surface area contributed by atoms with Gasteiger partial charge in [0.05, 0.1) is 12.5 Å². The molecule has 2 heterocycles. The van der Waals surface area contributed by atoms with Gasteiger partial charge in [-0.25, -0.2) is 4.39 Å². The van der Waals surface area contributed by atoms with E-state index in [0.29, 0.717) is 21.8 Å². The second-order valence-corrected chi connectivity index (χ2v) is 6.66. The monoisotopic (exact) mass is 382 g/mol. The van der Waals surface area contributed by atoms with E-state index in [1.165, 1.54) is 7.11 Å². The topological polar surface area (TPSA) is 51.1 Å². The molecule has 7 heteroatoms. The first-order chi connectivity index (χ1) is 13.0. The number of methoxy groups -OCH3 is 1. The SMILES string of the molecule is COc1nc(N(C)C)c2cnc(-c3cccc4cccc(Cl)c34)c(F)c2n1. The van der Waals surface area contributed by atoms with E-state index < -0.39 is 5.82 Å². The van der Waals surface area contributed by atoms with Gasteiger partial charge in [-0.1, -0.05) is 41.9 Å². The highest BCUT2D eigenvalue weighted by molar-refractivity contribution is 6.36. The van der Waals surface area contributed by atoms with E-state index in [0.717, 1.165) is 10.8 Å². The Bertz CT molecular complexity index is 1170. The summed E-state index contributed by atoms with van der Waals surface area (Å²) in [7, 11) is 5.08. The average Bonchev–Trinajstić information content (AvgIpc) is 2.67. The molecule has 5 nitrogen and oxygen atoms in total. The van der Waals surface area contributed by atoms with Crippen molar-refractivity contribution in [2.45, 2.75) is 0 Å². The van der Waals surface area contributed by atoms with Crippen LogP contribution in [0.5, 0.6) is 6.01 Å². The lowest BCUT2D eigenvalue weighted by atomic mass is 10.0. The zero-order valence-electron chi connectivity index (χ0n) is 15.0. The van der Waals surface area contributed by atoms with Crippen LogP contribution in [-0.4, -0.2) is 36.2 Å². The Balaban J connectivity index is 2.07. The molecule has 0 atom stereocenters. The van der Waals surface area contributed by atoms with Gasteiger partial charge in [0.25, 0.3) is 0 Å². The first-order valence-corrected chi connectivity index (χ1v) is 8.64. The molecule has 0 N–H and O–H groups in total. The van der Waals surface area contributed by atoms with Crippen molar-refractivity contribution >= 4 is 39.1 Å². The van der Waals surface area contributed by atoms with Crippen LogP contribution >= 0.6 is 11.6 Å². The van der Waals surface area contributed by atoms with Crippen LogP contribution < -0.4 is 9.64 Å². The maximum absolute atomic E-state index is 15.5. The molecule has 0 amide bonds. The van der Waals surface area contributed by atoms with Crippen LogP contribution in [0.2, 0.25) is 5.02 Å². The lowest BCUT2D eigenvalue weighted by Gasteiger charge is -2.16. The molecule has 0 saturated heterocycles. The molecule has 2 aromatic heterocycles. The molecule has 0 aliphatic heterocycles. The second kappa shape index (κ2) is 6.63. The van der Waals surface area contributed by atoms with Crippen LogP contribution in [-0.2, 0) is 0 Å². The number of hydrogen-bond acceptors (Lipinski definition) is 5. The van der Waals surface area contributed by atoms with E-state index in [1.54, 1.807) is 23.2 Å². The fourth-order valence-corrected chi connectivity index (χ4v) is 3.42. The molecule has 4 rings (SSSR count). The normalized spacial score (nSPS) is 11.1. The number of aromatic nitrogens is 3. The highest BCUT2D eigenvalue weighted by Gasteiger charge is 2.20. The van der Waals surface area contributed by atoms with Gasteiger partial charge in [-0.05, 0) is 11.5 Å². The van der Waals surface area contributed by atoms with E-state index in [9.17, 15) is 0 Å². The molecule has 0 bridgehead atoms. The Hall–Kier alpha value is -2.99. The molecule has 0 aliphatic rings. The van der Waals surface area contributed by atoms with Gasteiger partial charge in [-0.2, -0.15) is 9.97 Å². The predicted molar refractivity (Wildman–Crippen MR) is 106 cm³/mol. The van der Waals surface area contributed by atoms with Crippen molar-refractivity contribution in [2.75, 3.05) is 26.1 Å². The lowest BCUT2D eigenvalue weighted by Crippen LogP contribution is -2.13. The highest BCUT2D eigenvalue weighted by atomic mass is 35.5. The van der Waals surface area contributed by atoms with Crippen molar-refractivity contribution in [2.24, 2.45) is 0 Å². The Morgan fingerprint density at radius 1 is 1.07 bits per heavy atom. The fourth-order valence-electron chi connectivity index (χ4n) is 3.13. The molecule has 27 heavy (non-hydrogen) atoms. The summed E-state index contributed by atoms with van der Waals surface area (Å²) in [6.07, 6.45) is 1.58. The van der Waals surface area contributed by atoms with Crippen molar-refractivity contribution in [1.82, 2.24) is 15.0 Å². The summed E-state index contributed by atoms with van der Waals surface area (Å²) in [5.74, 6) is -0.00512. The number of nitrogens with zero attached hydrogens (tertiary/aromatic N) is 4. The molecule has 0 unspecified atom stereocenters. The minimum Gasteiger partial charge on any atom is -0.467 e. The summed E-state index contributed by atoms with van der Waals surface area (Å²) in [5, 5.41) is 2.71. The summed E-state index contributed by atoms with van der Waals surface area (Å²) in [6.45, 7) is 0. The third kappa shape index (κ3) is 2.82. The summed E-state index contributed by atoms with van der Waals surface area (Å²) >= 11 is 6.39. The van der Waals surface area contributed by atoms with E-state index >= 15 is 4.39 Å². The van der Waals surface area contributed by atoms with Gasteiger partial charge in [0.1, 0.15) is 17.0 Å². The van der Waals surface area contributed by atoms with Crippen molar-refractivity contribution < 1.29 is 9.13 Å². The molecule has 2 aromatic carbocycles. The molecular formula is C20H16ClFN4O. The molecule has 4 aromatic rings. The van der Waals surface area contributed by atoms with Crippen molar-refractivity contribution in [1.29, 1.82) is 0 Å². The predicted octanol–water partition coefficient (Wildman–Crippen LogP) is 4.71. The number of benzene rings is 2. The summed E-state index contributed by atoms with van der Waals surface area (Å²) in [6, 6.07) is 11.2. The number of anilines is 1. The van der Waals surface area contributed by atoms with E-state index in [-0.39, 0.29) is 17.2 Å². The van der Waals surface area contributed by atoms with Crippen LogP contribution in [0, 0.1) is 5.82 Å². The fraction of sp³-hybridized carbons (Fsp3) is 0.150. The third-order valence-electron chi connectivity index (χ3n) is 4.36. The lowest BCUT2D eigenvalue weighted by molar-refractivity contribution is 0.381. The van der Waals surface area contributed by atoms with E-state index in [4.69, 9.17) is 16.3 Å². The van der Waals surface area contributed by atoms with E-state index in [1.807, 2.05) is 38.4 Å². The molecular weight excluding hydrogens is 367 g/mol. The molecule has 0 fully saturated rings. The van der Waals surface area contributed by atoms with Crippen molar-refractivity contribution in [3.8, 4) is 17.3 Å². The van der Waals surface area contributed by atoms with Gasteiger partial charge in [0.2, 0.25) is 0 Å². The summed E-state index contributed by atoms with van der Waals surface area (Å²) in [5.41, 5.74) is 0.952. The van der Waals surface area contributed by atoms with Crippen molar-refractivity contribution in [3.63, 3.8) is 0 Å². The number of halogens is 2. The van der Waals surface area contributed by atoms with Crippen LogP contribution in [0.3, 0.4) is 0 Å². The van der Waals surface area contributed by atoms with Crippen LogP contribution in [0.25, 0.3) is 32.9 Å². The number of fused-ring (bicyclic) bond motifs is 2. The number of hydrogen-bond donors (Lipinski definition) is 0. The van der Waals surface area contributed by atoms with Crippen LogP contribution in [0.1, 0.15) is 0 Å². The Morgan fingerprint density at radius 3 is 2.52 bits per heavy atom. The van der Waals surface area contributed by atoms with Crippen LogP contribution in [0.4, 0.5) is 10.2 Å². The zero-order valence-corrected chi connectivity index (χ0v) is 15.8. The molecule has 0 radical (unpaired) electrons. The smallest absolute Gasteiger partial charge is 0.318 e. The Labute approximate surface area is 160 Å². The van der Waals surface area contributed by atoms with Gasteiger partial charge in [-0.3, -0.25) is 4.98 Å². The standard InChI is InChI=1S/C20H16ClFN4O/c1-26(2)19-13-10-23-17(16(22)18(13)24-20(25-19)27-3)12-8-4-6-11-7-5-9-14(21)15(11)12/h4-10H,1-3H3. The largest absolute Gasteiger partial charge is 0.467 e. The highest BCUT2D eigenvalue weighted by Crippen LogP contribution is 2.36.